The molecule has 1 aliphatic rings. The Morgan fingerprint density at radius 2 is 1.87 bits per heavy atom. The van der Waals surface area contributed by atoms with Crippen molar-refractivity contribution in [2.75, 3.05) is 32.7 Å². The first-order chi connectivity index (χ1) is 10.9. The fraction of sp³-hybridized carbons (Fsp3) is 0.889. The second-order valence-corrected chi connectivity index (χ2v) is 8.02. The van der Waals surface area contributed by atoms with E-state index in [-0.39, 0.29) is 6.04 Å². The summed E-state index contributed by atoms with van der Waals surface area (Å²) in [6.45, 7) is 17.0. The van der Waals surface area contributed by atoms with Crippen molar-refractivity contribution in [3.63, 3.8) is 0 Å². The van der Waals surface area contributed by atoms with Crippen LogP contribution in [-0.4, -0.2) is 52.7 Å². The average Bonchev–Trinajstić information content (AvgIpc) is 2.99. The standard InChI is InChI=1S/C18H34N4O/c1-6-7-8-16-19-17(23-20-16)15(2)22-13-11-21(12-14-22)10-9-18(3,4)5/h15H,6-14H2,1-5H3. The molecule has 132 valence electrons. The van der Waals surface area contributed by atoms with Crippen LogP contribution >= 0.6 is 0 Å². The van der Waals surface area contributed by atoms with Crippen molar-refractivity contribution in [1.29, 1.82) is 0 Å². The second-order valence-electron chi connectivity index (χ2n) is 8.02. The first-order valence-corrected chi connectivity index (χ1v) is 9.18. The third kappa shape index (κ3) is 5.88. The van der Waals surface area contributed by atoms with Gasteiger partial charge in [-0.2, -0.15) is 4.98 Å². The van der Waals surface area contributed by atoms with Crippen LogP contribution in [0.15, 0.2) is 4.52 Å². The van der Waals surface area contributed by atoms with Gasteiger partial charge >= 0.3 is 0 Å². The molecule has 1 unspecified atom stereocenters. The number of rotatable bonds is 7. The Balaban J connectivity index is 1.79. The van der Waals surface area contributed by atoms with E-state index in [1.54, 1.807) is 0 Å². The molecule has 0 aliphatic carbocycles. The predicted octanol–water partition coefficient (Wildman–Crippen LogP) is 3.53. The van der Waals surface area contributed by atoms with Crippen molar-refractivity contribution in [2.45, 2.75) is 66.3 Å². The second kappa shape index (κ2) is 8.25. The summed E-state index contributed by atoms with van der Waals surface area (Å²) < 4.78 is 5.48. The van der Waals surface area contributed by atoms with Crippen molar-refractivity contribution in [1.82, 2.24) is 19.9 Å². The number of aryl methyl sites for hydroxylation is 1. The predicted molar refractivity (Wildman–Crippen MR) is 93.4 cm³/mol. The largest absolute Gasteiger partial charge is 0.338 e. The quantitative estimate of drug-likeness (QED) is 0.768. The lowest BCUT2D eigenvalue weighted by Crippen LogP contribution is -2.47. The summed E-state index contributed by atoms with van der Waals surface area (Å²) in [4.78, 5) is 9.62. The molecule has 1 fully saturated rings. The van der Waals surface area contributed by atoms with Gasteiger partial charge in [-0.25, -0.2) is 0 Å². The molecule has 5 heteroatoms. The first kappa shape index (κ1) is 18.4. The molecular weight excluding hydrogens is 288 g/mol. The van der Waals surface area contributed by atoms with Gasteiger partial charge in [-0.1, -0.05) is 39.3 Å². The Bertz CT molecular complexity index is 458. The lowest BCUT2D eigenvalue weighted by molar-refractivity contribution is 0.0821. The molecule has 0 radical (unpaired) electrons. The summed E-state index contributed by atoms with van der Waals surface area (Å²) in [5.41, 5.74) is 0.420. The van der Waals surface area contributed by atoms with Crippen LogP contribution in [0, 0.1) is 5.41 Å². The molecule has 1 atom stereocenters. The van der Waals surface area contributed by atoms with E-state index in [1.807, 2.05) is 0 Å². The van der Waals surface area contributed by atoms with Gasteiger partial charge in [-0.3, -0.25) is 4.90 Å². The number of unbranched alkanes of at least 4 members (excludes halogenated alkanes) is 1. The maximum Gasteiger partial charge on any atom is 0.243 e. The van der Waals surface area contributed by atoms with Crippen LogP contribution in [0.2, 0.25) is 0 Å². The van der Waals surface area contributed by atoms with E-state index in [4.69, 9.17) is 4.52 Å². The molecule has 0 N–H and O–H groups in total. The fourth-order valence-corrected chi connectivity index (χ4v) is 2.90. The molecule has 5 nitrogen and oxygen atoms in total. The Morgan fingerprint density at radius 1 is 1.17 bits per heavy atom. The molecule has 1 aromatic rings. The van der Waals surface area contributed by atoms with Crippen LogP contribution in [0.5, 0.6) is 0 Å². The lowest BCUT2D eigenvalue weighted by atomic mass is 9.92. The zero-order valence-electron chi connectivity index (χ0n) is 15.6. The van der Waals surface area contributed by atoms with Gasteiger partial charge in [0.15, 0.2) is 5.82 Å². The van der Waals surface area contributed by atoms with Crippen LogP contribution in [0.25, 0.3) is 0 Å². The van der Waals surface area contributed by atoms with Gasteiger partial charge in [0.1, 0.15) is 0 Å². The molecule has 0 aromatic carbocycles. The molecule has 2 heterocycles. The zero-order valence-corrected chi connectivity index (χ0v) is 15.6. The Morgan fingerprint density at radius 3 is 2.48 bits per heavy atom. The van der Waals surface area contributed by atoms with E-state index >= 15 is 0 Å². The zero-order chi connectivity index (χ0) is 16.9. The Kier molecular flexibility index (Phi) is 6.60. The smallest absolute Gasteiger partial charge is 0.243 e. The summed E-state index contributed by atoms with van der Waals surface area (Å²) in [6, 6.07) is 0.225. The van der Waals surface area contributed by atoms with Crippen LogP contribution < -0.4 is 0 Å². The summed E-state index contributed by atoms with van der Waals surface area (Å²) in [5, 5.41) is 4.12. The van der Waals surface area contributed by atoms with Gasteiger partial charge in [0, 0.05) is 32.6 Å². The molecule has 0 amide bonds. The van der Waals surface area contributed by atoms with Crippen LogP contribution in [0.3, 0.4) is 0 Å². The van der Waals surface area contributed by atoms with Crippen molar-refractivity contribution >= 4 is 0 Å². The van der Waals surface area contributed by atoms with E-state index < -0.39 is 0 Å². The minimum atomic E-state index is 0.225. The highest BCUT2D eigenvalue weighted by Crippen LogP contribution is 2.22. The molecule has 0 bridgehead atoms. The number of hydrogen-bond acceptors (Lipinski definition) is 5. The van der Waals surface area contributed by atoms with Gasteiger partial charge in [0.05, 0.1) is 6.04 Å². The lowest BCUT2D eigenvalue weighted by Gasteiger charge is -2.37. The minimum Gasteiger partial charge on any atom is -0.338 e. The van der Waals surface area contributed by atoms with E-state index in [0.717, 1.165) is 57.2 Å². The molecule has 2 rings (SSSR count). The molecule has 1 saturated heterocycles. The number of hydrogen-bond donors (Lipinski definition) is 0. The topological polar surface area (TPSA) is 45.4 Å². The first-order valence-electron chi connectivity index (χ1n) is 9.18. The maximum absolute atomic E-state index is 5.48. The van der Waals surface area contributed by atoms with Gasteiger partial charge < -0.3 is 9.42 Å². The van der Waals surface area contributed by atoms with E-state index in [9.17, 15) is 0 Å². The SMILES string of the molecule is CCCCc1noc(C(C)N2CCN(CCC(C)(C)C)CC2)n1. The number of piperazine rings is 1. The van der Waals surface area contributed by atoms with Crippen molar-refractivity contribution < 1.29 is 4.52 Å². The summed E-state index contributed by atoms with van der Waals surface area (Å²) in [5.74, 6) is 1.64. The van der Waals surface area contributed by atoms with Crippen molar-refractivity contribution in [3.05, 3.63) is 11.7 Å². The van der Waals surface area contributed by atoms with Gasteiger partial charge in [0.25, 0.3) is 0 Å². The van der Waals surface area contributed by atoms with Crippen molar-refractivity contribution in [2.24, 2.45) is 5.41 Å². The van der Waals surface area contributed by atoms with Gasteiger partial charge in [-0.05, 0) is 31.7 Å². The third-order valence-electron chi connectivity index (χ3n) is 4.73. The summed E-state index contributed by atoms with van der Waals surface area (Å²) in [7, 11) is 0. The highest BCUT2D eigenvalue weighted by atomic mass is 16.5. The monoisotopic (exact) mass is 322 g/mol. The normalized spacial score (nSPS) is 19.2. The summed E-state index contributed by atoms with van der Waals surface area (Å²) >= 11 is 0. The minimum absolute atomic E-state index is 0.225. The van der Waals surface area contributed by atoms with Gasteiger partial charge in [-0.15, -0.1) is 0 Å². The molecule has 23 heavy (non-hydrogen) atoms. The van der Waals surface area contributed by atoms with Crippen LogP contribution in [-0.2, 0) is 6.42 Å². The third-order valence-corrected chi connectivity index (χ3v) is 4.73. The molecule has 1 aromatic heterocycles. The number of aromatic nitrogens is 2. The molecular formula is C18H34N4O. The highest BCUT2D eigenvalue weighted by molar-refractivity contribution is 4.93. The Labute approximate surface area is 141 Å². The van der Waals surface area contributed by atoms with Crippen LogP contribution in [0.4, 0.5) is 0 Å². The average molecular weight is 322 g/mol. The highest BCUT2D eigenvalue weighted by Gasteiger charge is 2.26. The van der Waals surface area contributed by atoms with Crippen molar-refractivity contribution in [3.8, 4) is 0 Å². The van der Waals surface area contributed by atoms with Crippen LogP contribution in [0.1, 0.15) is 71.6 Å². The van der Waals surface area contributed by atoms with E-state index in [1.165, 1.54) is 13.0 Å². The Hall–Kier alpha value is -0.940. The fourth-order valence-electron chi connectivity index (χ4n) is 2.90. The van der Waals surface area contributed by atoms with Gasteiger partial charge in [0.2, 0.25) is 5.89 Å². The number of nitrogens with zero attached hydrogens (tertiary/aromatic N) is 4. The molecule has 0 saturated carbocycles. The maximum atomic E-state index is 5.48. The van der Waals surface area contributed by atoms with E-state index in [0.29, 0.717) is 5.41 Å². The molecule has 0 spiro atoms. The van der Waals surface area contributed by atoms with E-state index in [2.05, 4.69) is 54.6 Å². The summed E-state index contributed by atoms with van der Waals surface area (Å²) in [6.07, 6.45) is 4.47. The molecule has 1 aliphatic heterocycles.